The Morgan fingerprint density at radius 1 is 1.06 bits per heavy atom. The van der Waals surface area contributed by atoms with E-state index in [4.69, 9.17) is 17.3 Å². The van der Waals surface area contributed by atoms with Crippen LogP contribution in [0.15, 0.2) is 59.1 Å². The molecule has 1 saturated heterocycles. The van der Waals surface area contributed by atoms with Crippen molar-refractivity contribution in [1.82, 2.24) is 24.2 Å². The van der Waals surface area contributed by atoms with Gasteiger partial charge in [0.1, 0.15) is 4.21 Å². The summed E-state index contributed by atoms with van der Waals surface area (Å²) in [5, 5.41) is 1.39. The molecule has 180 valence electrons. The van der Waals surface area contributed by atoms with E-state index in [0.717, 1.165) is 15.8 Å². The summed E-state index contributed by atoms with van der Waals surface area (Å²) in [6.45, 7) is 1.21. The van der Waals surface area contributed by atoms with Gasteiger partial charge >= 0.3 is 0 Å². The lowest BCUT2D eigenvalue weighted by Crippen LogP contribution is -2.50. The molecule has 1 aliphatic heterocycles. The Balaban J connectivity index is 1.26. The first-order valence-corrected chi connectivity index (χ1v) is 13.5. The van der Waals surface area contributed by atoms with Gasteiger partial charge in [-0.15, -0.1) is 11.3 Å². The van der Waals surface area contributed by atoms with Gasteiger partial charge in [-0.25, -0.2) is 18.4 Å². The average Bonchev–Trinajstić information content (AvgIpc) is 3.33. The van der Waals surface area contributed by atoms with Gasteiger partial charge in [-0.3, -0.25) is 9.78 Å². The van der Waals surface area contributed by atoms with Crippen molar-refractivity contribution in [2.24, 2.45) is 5.73 Å². The summed E-state index contributed by atoms with van der Waals surface area (Å²) < 4.78 is 28.8. The van der Waals surface area contributed by atoms with Crippen LogP contribution in [0.1, 0.15) is 16.3 Å². The number of sulfonamides is 1. The van der Waals surface area contributed by atoms with Crippen molar-refractivity contribution in [3.8, 4) is 11.3 Å². The van der Waals surface area contributed by atoms with Crippen molar-refractivity contribution < 1.29 is 13.2 Å². The van der Waals surface area contributed by atoms with Gasteiger partial charge in [0, 0.05) is 60.4 Å². The Hall–Kier alpha value is -2.96. The molecule has 9 nitrogen and oxygen atoms in total. The molecular weight excluding hydrogens is 508 g/mol. The lowest BCUT2D eigenvalue weighted by atomic mass is 10.2. The predicted octanol–water partition coefficient (Wildman–Crippen LogP) is 3.01. The summed E-state index contributed by atoms with van der Waals surface area (Å²) in [5.41, 5.74) is 7.75. The van der Waals surface area contributed by atoms with Gasteiger partial charge in [-0.05, 0) is 35.7 Å². The normalized spacial score (nSPS) is 15.0. The lowest BCUT2D eigenvalue weighted by molar-refractivity contribution is 0.0685. The molecule has 1 aromatic carbocycles. The highest BCUT2D eigenvalue weighted by atomic mass is 35.5. The maximum Gasteiger partial charge on any atom is 0.291 e. The van der Waals surface area contributed by atoms with Gasteiger partial charge in [-0.1, -0.05) is 23.7 Å². The number of rotatable bonds is 5. The molecule has 1 amide bonds. The van der Waals surface area contributed by atoms with Crippen LogP contribution in [0.2, 0.25) is 5.02 Å². The molecule has 4 aromatic rings. The van der Waals surface area contributed by atoms with Crippen molar-refractivity contribution in [1.29, 1.82) is 0 Å². The van der Waals surface area contributed by atoms with Gasteiger partial charge in [0.05, 0.1) is 11.4 Å². The molecule has 0 spiro atoms. The summed E-state index contributed by atoms with van der Waals surface area (Å²) in [6, 6.07) is 12.5. The molecule has 1 aliphatic rings. The van der Waals surface area contributed by atoms with E-state index in [2.05, 4.69) is 15.0 Å². The molecule has 0 aliphatic carbocycles. The number of aromatic nitrogens is 3. The van der Waals surface area contributed by atoms with Crippen LogP contribution in [0, 0.1) is 0 Å². The second-order valence-electron chi connectivity index (χ2n) is 7.96. The Bertz CT molecular complexity index is 1500. The van der Waals surface area contributed by atoms with Gasteiger partial charge in [-0.2, -0.15) is 4.31 Å². The number of piperazine rings is 1. The van der Waals surface area contributed by atoms with Crippen LogP contribution < -0.4 is 5.73 Å². The zero-order valence-electron chi connectivity index (χ0n) is 18.5. The first-order valence-electron chi connectivity index (χ1n) is 10.8. The minimum Gasteiger partial charge on any atom is -0.333 e. The highest BCUT2D eigenvalue weighted by Gasteiger charge is 2.32. The molecule has 0 bridgehead atoms. The Morgan fingerprint density at radius 3 is 2.51 bits per heavy atom. The van der Waals surface area contributed by atoms with Crippen LogP contribution in [0.5, 0.6) is 0 Å². The van der Waals surface area contributed by atoms with Gasteiger partial charge in [0.15, 0.2) is 0 Å². The first-order chi connectivity index (χ1) is 16.8. The standard InChI is InChI=1S/C23H21ClN6O3S2/c24-17-5-4-15-10-21(34-20(15)11-17)35(32,33)30-8-6-29(7-9-30)23(31)22-26-13-16(14-27-22)19-3-1-2-18(12-25)28-19/h1-5,10-11,13-14H,6-9,12,25H2. The van der Waals surface area contributed by atoms with Gasteiger partial charge < -0.3 is 10.6 Å². The Labute approximate surface area is 211 Å². The smallest absolute Gasteiger partial charge is 0.291 e. The summed E-state index contributed by atoms with van der Waals surface area (Å²) >= 11 is 7.22. The van der Waals surface area contributed by atoms with Crippen LogP contribution in [0.4, 0.5) is 0 Å². The molecule has 1 fully saturated rings. The van der Waals surface area contributed by atoms with E-state index in [1.807, 2.05) is 18.2 Å². The topological polar surface area (TPSA) is 122 Å². The van der Waals surface area contributed by atoms with Gasteiger partial charge in [0.25, 0.3) is 15.9 Å². The maximum atomic E-state index is 13.2. The number of halogens is 1. The van der Waals surface area contributed by atoms with Crippen molar-refractivity contribution >= 4 is 49.0 Å². The van der Waals surface area contributed by atoms with Crippen LogP contribution >= 0.6 is 22.9 Å². The molecule has 12 heteroatoms. The molecule has 0 unspecified atom stereocenters. The van der Waals surface area contributed by atoms with Crippen LogP contribution in [0.25, 0.3) is 21.3 Å². The number of fused-ring (bicyclic) bond motifs is 1. The van der Waals surface area contributed by atoms with Crippen LogP contribution in [-0.4, -0.2) is 64.7 Å². The number of thiophene rings is 1. The zero-order valence-corrected chi connectivity index (χ0v) is 20.9. The van der Waals surface area contributed by atoms with Crippen molar-refractivity contribution in [3.05, 3.63) is 71.4 Å². The summed E-state index contributed by atoms with van der Waals surface area (Å²) in [6.07, 6.45) is 3.11. The van der Waals surface area contributed by atoms with Crippen molar-refractivity contribution in [3.63, 3.8) is 0 Å². The van der Waals surface area contributed by atoms with E-state index >= 15 is 0 Å². The fourth-order valence-corrected chi connectivity index (χ4v) is 7.08. The summed E-state index contributed by atoms with van der Waals surface area (Å²) in [7, 11) is -3.67. The number of pyridine rings is 1. The zero-order chi connectivity index (χ0) is 24.6. The minimum atomic E-state index is -3.67. The third kappa shape index (κ3) is 4.78. The van der Waals surface area contributed by atoms with Crippen molar-refractivity contribution in [2.45, 2.75) is 10.8 Å². The monoisotopic (exact) mass is 528 g/mol. The second kappa shape index (κ2) is 9.59. The van der Waals surface area contributed by atoms with Crippen molar-refractivity contribution in [2.75, 3.05) is 26.2 Å². The number of nitrogens with zero attached hydrogens (tertiary/aromatic N) is 5. The van der Waals surface area contributed by atoms with E-state index in [0.29, 0.717) is 22.8 Å². The first kappa shape index (κ1) is 23.8. The van der Waals surface area contributed by atoms with E-state index < -0.39 is 10.0 Å². The molecular formula is C23H21ClN6O3S2. The molecule has 0 atom stereocenters. The van der Waals surface area contributed by atoms with E-state index in [-0.39, 0.29) is 42.1 Å². The number of hydrogen-bond donors (Lipinski definition) is 1. The number of carbonyl (C=O) groups excluding carboxylic acids is 1. The lowest BCUT2D eigenvalue weighted by Gasteiger charge is -2.33. The quantitative estimate of drug-likeness (QED) is 0.422. The molecule has 0 radical (unpaired) electrons. The fraction of sp³-hybridized carbons (Fsp3) is 0.217. The number of nitrogens with two attached hydrogens (primary N) is 1. The number of carbonyl (C=O) groups is 1. The van der Waals surface area contributed by atoms with Gasteiger partial charge in [0.2, 0.25) is 5.82 Å². The summed E-state index contributed by atoms with van der Waals surface area (Å²) in [5.74, 6) is -0.282. The van der Waals surface area contributed by atoms with E-state index in [1.165, 1.54) is 15.6 Å². The predicted molar refractivity (Wildman–Crippen MR) is 135 cm³/mol. The Morgan fingerprint density at radius 2 is 1.80 bits per heavy atom. The number of hydrogen-bond acceptors (Lipinski definition) is 8. The molecule has 5 rings (SSSR count). The number of benzene rings is 1. The molecule has 4 heterocycles. The fourth-order valence-electron chi connectivity index (χ4n) is 3.83. The number of amides is 1. The van der Waals surface area contributed by atoms with Crippen LogP contribution in [0.3, 0.4) is 0 Å². The highest BCUT2D eigenvalue weighted by Crippen LogP contribution is 2.33. The highest BCUT2D eigenvalue weighted by molar-refractivity contribution is 7.91. The largest absolute Gasteiger partial charge is 0.333 e. The molecule has 0 saturated carbocycles. The van der Waals surface area contributed by atoms with Crippen LogP contribution in [-0.2, 0) is 16.6 Å². The molecule has 3 aromatic heterocycles. The minimum absolute atomic E-state index is 0.0569. The second-order valence-corrected chi connectivity index (χ2v) is 11.6. The summed E-state index contributed by atoms with van der Waals surface area (Å²) in [4.78, 5) is 27.4. The average molecular weight is 529 g/mol. The third-order valence-electron chi connectivity index (χ3n) is 5.73. The molecule has 35 heavy (non-hydrogen) atoms. The molecule has 2 N–H and O–H groups in total. The maximum absolute atomic E-state index is 13.2. The third-order valence-corrected chi connectivity index (χ3v) is 9.42. The van der Waals surface area contributed by atoms with E-state index in [9.17, 15) is 13.2 Å². The SMILES string of the molecule is NCc1cccc(-c2cnc(C(=O)N3CCN(S(=O)(=O)c4cc5ccc(Cl)cc5s4)CC3)nc2)n1. The van der Waals surface area contributed by atoms with E-state index in [1.54, 1.807) is 41.6 Å². The Kier molecular flexibility index (Phi) is 6.51.